The summed E-state index contributed by atoms with van der Waals surface area (Å²) in [5.41, 5.74) is 0. The summed E-state index contributed by atoms with van der Waals surface area (Å²) in [6.45, 7) is 5.57. The maximum Gasteiger partial charge on any atom is 0.308 e. The highest BCUT2D eigenvalue weighted by atomic mass is 16.5. The normalized spacial score (nSPS) is 12.5. The van der Waals surface area contributed by atoms with Crippen LogP contribution in [0.4, 0.5) is 0 Å². The van der Waals surface area contributed by atoms with Gasteiger partial charge < -0.3 is 15.2 Å². The standard InChI is InChI=1S/C10H21NO3/c1-3-5-6-11-8-9(12)7-10(13)14-4-2/h9,11-12H,3-8H2,1-2H3. The number of unbranched alkanes of at least 4 members (excludes halogenated alkanes) is 1. The van der Waals surface area contributed by atoms with Crippen LogP contribution >= 0.6 is 0 Å². The van der Waals surface area contributed by atoms with Crippen LogP contribution in [0.15, 0.2) is 0 Å². The molecule has 4 heteroatoms. The molecule has 0 aromatic carbocycles. The monoisotopic (exact) mass is 203 g/mol. The second-order valence-corrected chi connectivity index (χ2v) is 3.22. The molecule has 0 radical (unpaired) electrons. The smallest absolute Gasteiger partial charge is 0.308 e. The van der Waals surface area contributed by atoms with Crippen molar-refractivity contribution in [1.29, 1.82) is 0 Å². The van der Waals surface area contributed by atoms with E-state index in [1.807, 2.05) is 0 Å². The van der Waals surface area contributed by atoms with Crippen molar-refractivity contribution in [3.8, 4) is 0 Å². The molecule has 4 nitrogen and oxygen atoms in total. The van der Waals surface area contributed by atoms with Gasteiger partial charge in [0.1, 0.15) is 0 Å². The molecule has 0 aliphatic rings. The van der Waals surface area contributed by atoms with Gasteiger partial charge in [0, 0.05) is 6.54 Å². The molecule has 1 atom stereocenters. The molecule has 0 spiro atoms. The van der Waals surface area contributed by atoms with Gasteiger partial charge in [0.15, 0.2) is 0 Å². The van der Waals surface area contributed by atoms with Gasteiger partial charge in [-0.25, -0.2) is 0 Å². The molecule has 0 saturated heterocycles. The SMILES string of the molecule is CCCCNCC(O)CC(=O)OCC. The van der Waals surface area contributed by atoms with E-state index >= 15 is 0 Å². The lowest BCUT2D eigenvalue weighted by Gasteiger charge is -2.10. The molecule has 1 unspecified atom stereocenters. The zero-order valence-corrected chi connectivity index (χ0v) is 9.08. The Balaban J connectivity index is 3.35. The molecule has 2 N–H and O–H groups in total. The Hall–Kier alpha value is -0.610. The van der Waals surface area contributed by atoms with Gasteiger partial charge >= 0.3 is 5.97 Å². The summed E-state index contributed by atoms with van der Waals surface area (Å²) in [6, 6.07) is 0. The first-order chi connectivity index (χ1) is 6.70. The van der Waals surface area contributed by atoms with Gasteiger partial charge in [-0.15, -0.1) is 0 Å². The van der Waals surface area contributed by atoms with E-state index in [1.54, 1.807) is 6.92 Å². The zero-order chi connectivity index (χ0) is 10.8. The minimum atomic E-state index is -0.633. The van der Waals surface area contributed by atoms with Crippen LogP contribution < -0.4 is 5.32 Å². The third-order valence-corrected chi connectivity index (χ3v) is 1.79. The van der Waals surface area contributed by atoms with Crippen LogP contribution in [-0.4, -0.2) is 36.9 Å². The maximum absolute atomic E-state index is 10.9. The van der Waals surface area contributed by atoms with E-state index in [2.05, 4.69) is 12.2 Å². The van der Waals surface area contributed by atoms with Crippen molar-refractivity contribution in [2.24, 2.45) is 0 Å². The van der Waals surface area contributed by atoms with Crippen molar-refractivity contribution in [2.75, 3.05) is 19.7 Å². The zero-order valence-electron chi connectivity index (χ0n) is 9.08. The quantitative estimate of drug-likeness (QED) is 0.450. The summed E-state index contributed by atoms with van der Waals surface area (Å²) in [6.07, 6.45) is 1.66. The number of nitrogens with one attached hydrogen (secondary N) is 1. The van der Waals surface area contributed by atoms with Crippen molar-refractivity contribution in [3.63, 3.8) is 0 Å². The van der Waals surface area contributed by atoms with E-state index in [-0.39, 0.29) is 12.4 Å². The molecule has 0 saturated carbocycles. The summed E-state index contributed by atoms with van der Waals surface area (Å²) in [5, 5.41) is 12.5. The Morgan fingerprint density at radius 3 is 2.79 bits per heavy atom. The maximum atomic E-state index is 10.9. The molecule has 14 heavy (non-hydrogen) atoms. The Bertz CT molecular complexity index is 150. The van der Waals surface area contributed by atoms with E-state index in [1.165, 1.54) is 0 Å². The Morgan fingerprint density at radius 2 is 2.21 bits per heavy atom. The van der Waals surface area contributed by atoms with Crippen LogP contribution in [0.2, 0.25) is 0 Å². The van der Waals surface area contributed by atoms with Gasteiger partial charge in [-0.3, -0.25) is 4.79 Å². The molecule has 0 heterocycles. The lowest BCUT2D eigenvalue weighted by Crippen LogP contribution is -2.29. The lowest BCUT2D eigenvalue weighted by atomic mass is 10.2. The topological polar surface area (TPSA) is 58.6 Å². The van der Waals surface area contributed by atoms with Crippen molar-refractivity contribution >= 4 is 5.97 Å². The molecule has 0 amide bonds. The van der Waals surface area contributed by atoms with Crippen molar-refractivity contribution < 1.29 is 14.6 Å². The lowest BCUT2D eigenvalue weighted by molar-refractivity contribution is -0.145. The van der Waals surface area contributed by atoms with E-state index < -0.39 is 6.10 Å². The first-order valence-electron chi connectivity index (χ1n) is 5.25. The number of hydrogen-bond donors (Lipinski definition) is 2. The second-order valence-electron chi connectivity index (χ2n) is 3.22. The molecule has 0 aromatic heterocycles. The van der Waals surface area contributed by atoms with E-state index in [9.17, 15) is 9.90 Å². The number of hydrogen-bond acceptors (Lipinski definition) is 4. The number of rotatable bonds is 8. The molecular formula is C10H21NO3. The van der Waals surface area contributed by atoms with Crippen molar-refractivity contribution in [2.45, 2.75) is 39.2 Å². The highest BCUT2D eigenvalue weighted by molar-refractivity contribution is 5.69. The number of ether oxygens (including phenoxy) is 1. The van der Waals surface area contributed by atoms with Crippen molar-refractivity contribution in [3.05, 3.63) is 0 Å². The molecule has 0 fully saturated rings. The fourth-order valence-electron chi connectivity index (χ4n) is 1.05. The predicted octanol–water partition coefficient (Wildman–Crippen LogP) is 0.690. The molecule has 0 bridgehead atoms. The largest absolute Gasteiger partial charge is 0.466 e. The third kappa shape index (κ3) is 8.01. The van der Waals surface area contributed by atoms with E-state index in [0.29, 0.717) is 13.2 Å². The Labute approximate surface area is 85.6 Å². The Kier molecular flexibility index (Phi) is 8.57. The van der Waals surface area contributed by atoms with Crippen LogP contribution in [0.5, 0.6) is 0 Å². The van der Waals surface area contributed by atoms with Gasteiger partial charge in [-0.05, 0) is 19.9 Å². The van der Waals surface area contributed by atoms with Crippen LogP contribution in [0.1, 0.15) is 33.1 Å². The van der Waals surface area contributed by atoms with Crippen LogP contribution in [0, 0.1) is 0 Å². The third-order valence-electron chi connectivity index (χ3n) is 1.79. The van der Waals surface area contributed by atoms with Crippen LogP contribution in [0.3, 0.4) is 0 Å². The van der Waals surface area contributed by atoms with Gasteiger partial charge in [-0.2, -0.15) is 0 Å². The number of esters is 1. The van der Waals surface area contributed by atoms with E-state index in [0.717, 1.165) is 19.4 Å². The minimum Gasteiger partial charge on any atom is -0.466 e. The average molecular weight is 203 g/mol. The van der Waals surface area contributed by atoms with E-state index in [4.69, 9.17) is 4.74 Å². The van der Waals surface area contributed by atoms with Crippen LogP contribution in [0.25, 0.3) is 0 Å². The first kappa shape index (κ1) is 13.4. The summed E-state index contributed by atoms with van der Waals surface area (Å²) >= 11 is 0. The van der Waals surface area contributed by atoms with Gasteiger partial charge in [-0.1, -0.05) is 13.3 Å². The molecule has 0 rings (SSSR count). The van der Waals surface area contributed by atoms with Gasteiger partial charge in [0.25, 0.3) is 0 Å². The fraction of sp³-hybridized carbons (Fsp3) is 0.900. The number of aliphatic hydroxyl groups is 1. The molecule has 0 aromatic rings. The number of aliphatic hydroxyl groups excluding tert-OH is 1. The second kappa shape index (κ2) is 8.97. The summed E-state index contributed by atoms with van der Waals surface area (Å²) in [4.78, 5) is 10.9. The number of carbonyl (C=O) groups excluding carboxylic acids is 1. The molecule has 84 valence electrons. The van der Waals surface area contributed by atoms with Crippen molar-refractivity contribution in [1.82, 2.24) is 5.32 Å². The van der Waals surface area contributed by atoms with Gasteiger partial charge in [0.05, 0.1) is 19.1 Å². The first-order valence-corrected chi connectivity index (χ1v) is 5.25. The summed E-state index contributed by atoms with van der Waals surface area (Å²) in [5.74, 6) is -0.336. The molecule has 0 aliphatic heterocycles. The Morgan fingerprint density at radius 1 is 1.50 bits per heavy atom. The fourth-order valence-corrected chi connectivity index (χ4v) is 1.05. The molecule has 0 aliphatic carbocycles. The minimum absolute atomic E-state index is 0.0764. The van der Waals surface area contributed by atoms with Crippen LogP contribution in [-0.2, 0) is 9.53 Å². The van der Waals surface area contributed by atoms with Gasteiger partial charge in [0.2, 0.25) is 0 Å². The highest BCUT2D eigenvalue weighted by Crippen LogP contribution is 1.93. The summed E-state index contributed by atoms with van der Waals surface area (Å²) in [7, 11) is 0. The highest BCUT2D eigenvalue weighted by Gasteiger charge is 2.10. The molecular weight excluding hydrogens is 182 g/mol. The summed E-state index contributed by atoms with van der Waals surface area (Å²) < 4.78 is 4.71. The average Bonchev–Trinajstić information content (AvgIpc) is 2.13. The predicted molar refractivity (Wildman–Crippen MR) is 55.0 cm³/mol. The number of carbonyl (C=O) groups is 1.